The fraction of sp³-hybridized carbons (Fsp3) is 0.750. The summed E-state index contributed by atoms with van der Waals surface area (Å²) in [6.07, 6.45) is -0.956. The van der Waals surface area contributed by atoms with Gasteiger partial charge in [-0.3, -0.25) is 9.59 Å². The number of aliphatic hydroxyl groups is 1. The number of nitrogens with one attached hydrogen (secondary N) is 1. The maximum Gasteiger partial charge on any atom is 0.256 e. The van der Waals surface area contributed by atoms with Crippen LogP contribution in [0.15, 0.2) is 0 Å². The molecule has 0 spiro atoms. The summed E-state index contributed by atoms with van der Waals surface area (Å²) in [6.45, 7) is 0.761. The predicted octanol–water partition coefficient (Wildman–Crippen LogP) is -1.30. The number of piperidine rings is 1. The first-order chi connectivity index (χ1) is 6.16. The average molecular weight is 187 g/mol. The Morgan fingerprint density at radius 3 is 2.92 bits per heavy atom. The molecule has 0 saturated carbocycles. The molecule has 1 amide bonds. The molecule has 1 saturated heterocycles. The summed E-state index contributed by atoms with van der Waals surface area (Å²) >= 11 is 0. The van der Waals surface area contributed by atoms with E-state index in [9.17, 15) is 9.59 Å². The quantitative estimate of drug-likeness (QED) is 0.538. The van der Waals surface area contributed by atoms with E-state index in [2.05, 4.69) is 5.32 Å². The van der Waals surface area contributed by atoms with Crippen molar-refractivity contribution < 1.29 is 19.4 Å². The van der Waals surface area contributed by atoms with Gasteiger partial charge in [0.05, 0.1) is 0 Å². The molecule has 5 nitrogen and oxygen atoms in total. The van der Waals surface area contributed by atoms with Gasteiger partial charge in [0.25, 0.3) is 5.91 Å². The Hall–Kier alpha value is -0.940. The smallest absolute Gasteiger partial charge is 0.256 e. The summed E-state index contributed by atoms with van der Waals surface area (Å²) in [6, 6.07) is 0. The van der Waals surface area contributed by atoms with Crippen molar-refractivity contribution in [3.05, 3.63) is 0 Å². The number of Topliss-reactive ketones (excluding diaryl/α,β-unsaturated/α-hetero) is 1. The molecular formula is C8H13NO4. The number of carbonyl (C=O) groups is 2. The van der Waals surface area contributed by atoms with Gasteiger partial charge >= 0.3 is 0 Å². The van der Waals surface area contributed by atoms with E-state index in [-0.39, 0.29) is 5.92 Å². The second kappa shape index (κ2) is 4.34. The minimum absolute atomic E-state index is 0.304. The summed E-state index contributed by atoms with van der Waals surface area (Å²) in [5, 5.41) is 11.6. The molecular weight excluding hydrogens is 174 g/mol. The topological polar surface area (TPSA) is 75.6 Å². The average Bonchev–Trinajstić information content (AvgIpc) is 2.13. The van der Waals surface area contributed by atoms with Gasteiger partial charge in [0.15, 0.2) is 11.9 Å². The third kappa shape index (κ3) is 2.26. The van der Waals surface area contributed by atoms with Gasteiger partial charge < -0.3 is 15.2 Å². The molecule has 0 radical (unpaired) electrons. The standard InChI is InChI=1S/C8H13NO4/c1-13-3-2-5-4-9-8(12)7(11)6(5)10/h5,7,11H,2-4H2,1H3,(H,9,12). The van der Waals surface area contributed by atoms with Gasteiger partial charge in [0.1, 0.15) is 0 Å². The Morgan fingerprint density at radius 1 is 1.62 bits per heavy atom. The van der Waals surface area contributed by atoms with Crippen molar-refractivity contribution in [3.63, 3.8) is 0 Å². The van der Waals surface area contributed by atoms with Crippen LogP contribution in [-0.4, -0.2) is 43.2 Å². The van der Waals surface area contributed by atoms with E-state index in [0.717, 1.165) is 0 Å². The normalized spacial score (nSPS) is 28.8. The highest BCUT2D eigenvalue weighted by Crippen LogP contribution is 2.11. The summed E-state index contributed by atoms with van der Waals surface area (Å²) in [7, 11) is 1.54. The van der Waals surface area contributed by atoms with E-state index >= 15 is 0 Å². The molecule has 1 aliphatic rings. The molecule has 13 heavy (non-hydrogen) atoms. The monoisotopic (exact) mass is 187 g/mol. The van der Waals surface area contributed by atoms with Gasteiger partial charge in [-0.15, -0.1) is 0 Å². The Bertz CT molecular complexity index is 216. The zero-order chi connectivity index (χ0) is 9.84. The molecule has 0 aromatic carbocycles. The molecule has 0 aromatic rings. The SMILES string of the molecule is COCCC1CNC(=O)C(O)C1=O. The fourth-order valence-electron chi connectivity index (χ4n) is 1.28. The highest BCUT2D eigenvalue weighted by Gasteiger charge is 2.34. The third-order valence-corrected chi connectivity index (χ3v) is 2.11. The number of hydrogen-bond acceptors (Lipinski definition) is 4. The molecule has 1 fully saturated rings. The number of methoxy groups -OCH3 is 1. The molecule has 0 aromatic heterocycles. The highest BCUT2D eigenvalue weighted by molar-refractivity contribution is 6.07. The molecule has 2 N–H and O–H groups in total. The summed E-state index contributed by atoms with van der Waals surface area (Å²) in [5.41, 5.74) is 0. The lowest BCUT2D eigenvalue weighted by Gasteiger charge is -2.24. The lowest BCUT2D eigenvalue weighted by atomic mass is 9.93. The fourth-order valence-corrected chi connectivity index (χ4v) is 1.28. The Labute approximate surface area is 76.1 Å². The Balaban J connectivity index is 2.49. The van der Waals surface area contributed by atoms with E-state index in [4.69, 9.17) is 9.84 Å². The third-order valence-electron chi connectivity index (χ3n) is 2.11. The van der Waals surface area contributed by atoms with Crippen molar-refractivity contribution in [1.82, 2.24) is 5.32 Å². The van der Waals surface area contributed by atoms with Crippen LogP contribution in [0.1, 0.15) is 6.42 Å². The first-order valence-corrected chi connectivity index (χ1v) is 4.15. The van der Waals surface area contributed by atoms with Crippen LogP contribution in [0.2, 0.25) is 0 Å². The second-order valence-corrected chi connectivity index (χ2v) is 3.03. The van der Waals surface area contributed by atoms with Gasteiger partial charge in [0.2, 0.25) is 0 Å². The lowest BCUT2D eigenvalue weighted by molar-refractivity contribution is -0.146. The molecule has 2 unspecified atom stereocenters. The summed E-state index contributed by atoms with van der Waals surface area (Å²) in [4.78, 5) is 22.1. The maximum absolute atomic E-state index is 11.3. The Morgan fingerprint density at radius 2 is 2.31 bits per heavy atom. The number of aliphatic hydroxyl groups excluding tert-OH is 1. The minimum atomic E-state index is -1.49. The predicted molar refractivity (Wildman–Crippen MR) is 44.0 cm³/mol. The van der Waals surface area contributed by atoms with Crippen LogP contribution in [0.25, 0.3) is 0 Å². The lowest BCUT2D eigenvalue weighted by Crippen LogP contribution is -2.51. The van der Waals surface area contributed by atoms with Crippen LogP contribution < -0.4 is 5.32 Å². The largest absolute Gasteiger partial charge is 0.385 e. The van der Waals surface area contributed by atoms with Gasteiger partial charge in [-0.25, -0.2) is 0 Å². The number of carbonyl (C=O) groups excluding carboxylic acids is 2. The molecule has 0 bridgehead atoms. The minimum Gasteiger partial charge on any atom is -0.385 e. The van der Waals surface area contributed by atoms with Gasteiger partial charge in [0, 0.05) is 26.2 Å². The van der Waals surface area contributed by atoms with Crippen LogP contribution in [0.3, 0.4) is 0 Å². The van der Waals surface area contributed by atoms with Crippen molar-refractivity contribution >= 4 is 11.7 Å². The zero-order valence-electron chi connectivity index (χ0n) is 7.45. The Kier molecular flexibility index (Phi) is 3.39. The van der Waals surface area contributed by atoms with Crippen molar-refractivity contribution in [1.29, 1.82) is 0 Å². The van der Waals surface area contributed by atoms with Crippen molar-refractivity contribution in [2.75, 3.05) is 20.3 Å². The van der Waals surface area contributed by atoms with Gasteiger partial charge in [-0.1, -0.05) is 0 Å². The molecule has 1 rings (SSSR count). The van der Waals surface area contributed by atoms with Crippen LogP contribution in [0.4, 0.5) is 0 Å². The van der Waals surface area contributed by atoms with Gasteiger partial charge in [-0.05, 0) is 6.42 Å². The first kappa shape index (κ1) is 10.1. The van der Waals surface area contributed by atoms with Crippen LogP contribution in [0.5, 0.6) is 0 Å². The van der Waals surface area contributed by atoms with Crippen LogP contribution in [0, 0.1) is 5.92 Å². The summed E-state index contributed by atoms with van der Waals surface area (Å²) in [5.74, 6) is -1.31. The van der Waals surface area contributed by atoms with E-state index < -0.39 is 17.8 Å². The second-order valence-electron chi connectivity index (χ2n) is 3.03. The maximum atomic E-state index is 11.3. The van der Waals surface area contributed by atoms with Crippen molar-refractivity contribution in [3.8, 4) is 0 Å². The molecule has 0 aliphatic carbocycles. The molecule has 2 atom stereocenters. The number of ether oxygens (including phenoxy) is 1. The number of ketones is 1. The molecule has 1 aliphatic heterocycles. The highest BCUT2D eigenvalue weighted by atomic mass is 16.5. The van der Waals surface area contributed by atoms with E-state index in [1.165, 1.54) is 0 Å². The van der Waals surface area contributed by atoms with Gasteiger partial charge in [-0.2, -0.15) is 0 Å². The van der Waals surface area contributed by atoms with Crippen LogP contribution in [-0.2, 0) is 14.3 Å². The first-order valence-electron chi connectivity index (χ1n) is 4.15. The van der Waals surface area contributed by atoms with E-state index in [1.807, 2.05) is 0 Å². The number of hydrogen-bond donors (Lipinski definition) is 2. The van der Waals surface area contributed by atoms with Crippen molar-refractivity contribution in [2.45, 2.75) is 12.5 Å². The summed E-state index contributed by atoms with van der Waals surface area (Å²) < 4.78 is 4.81. The van der Waals surface area contributed by atoms with E-state index in [0.29, 0.717) is 19.6 Å². The molecule has 5 heteroatoms. The molecule has 1 heterocycles. The number of rotatable bonds is 3. The molecule has 74 valence electrons. The van der Waals surface area contributed by atoms with E-state index in [1.54, 1.807) is 7.11 Å². The van der Waals surface area contributed by atoms with Crippen LogP contribution >= 0.6 is 0 Å². The number of amides is 1. The van der Waals surface area contributed by atoms with Crippen molar-refractivity contribution in [2.24, 2.45) is 5.92 Å². The zero-order valence-corrected chi connectivity index (χ0v) is 7.45.